The van der Waals surface area contributed by atoms with Gasteiger partial charge in [-0.15, -0.1) is 0 Å². The van der Waals surface area contributed by atoms with Crippen LogP contribution in [0.15, 0.2) is 53.1 Å². The highest BCUT2D eigenvalue weighted by Gasteiger charge is 2.18. The largest absolute Gasteiger partial charge is 0.394 e. The highest BCUT2D eigenvalue weighted by Crippen LogP contribution is 2.27. The van der Waals surface area contributed by atoms with Gasteiger partial charge in [0.1, 0.15) is 5.69 Å². The van der Waals surface area contributed by atoms with Crippen molar-refractivity contribution in [2.45, 2.75) is 33.4 Å². The number of aliphatic hydroxyl groups excluding tert-OH is 1. The number of aliphatic hydroxyl groups is 1. The van der Waals surface area contributed by atoms with E-state index in [9.17, 15) is 9.59 Å². The summed E-state index contributed by atoms with van der Waals surface area (Å²) < 4.78 is 3.13. The summed E-state index contributed by atoms with van der Waals surface area (Å²) in [6, 6.07) is 6.87. The number of allylic oxidation sites excluding steroid dienone is 2. The van der Waals surface area contributed by atoms with Gasteiger partial charge in [-0.1, -0.05) is 41.4 Å². The van der Waals surface area contributed by atoms with Crippen molar-refractivity contribution >= 4 is 23.2 Å². The van der Waals surface area contributed by atoms with Gasteiger partial charge in [0.2, 0.25) is 5.65 Å². The Bertz CT molecular complexity index is 1140. The Hall–Kier alpha value is -2.90. The number of rotatable bonds is 6. The Labute approximate surface area is 173 Å². The van der Waals surface area contributed by atoms with Gasteiger partial charge in [-0.25, -0.2) is 4.98 Å². The Morgan fingerprint density at radius 2 is 2.03 bits per heavy atom. The highest BCUT2D eigenvalue weighted by atomic mass is 35.5. The van der Waals surface area contributed by atoms with Crippen molar-refractivity contribution < 1.29 is 9.90 Å². The molecule has 3 aromatic rings. The Morgan fingerprint density at radius 3 is 2.69 bits per heavy atom. The minimum atomic E-state index is -0.454. The Balaban J connectivity index is 2.20. The topological polar surface area (TPSA) is 88.6 Å². The standard InChI is InChI=1S/C21H23ClN4O3/c1-13(2)8-9-26-18(15-6-4-5-7-16(15)22)11-25-10-17(24-19(25)21(26)29)20(28)23-14(3)12-27/h4-8,10-11,14,27H,9,12H2,1-3H3,(H,23,28)/t14-/m1/s1. The summed E-state index contributed by atoms with van der Waals surface area (Å²) in [5.74, 6) is -0.454. The van der Waals surface area contributed by atoms with Crippen LogP contribution >= 0.6 is 11.6 Å². The van der Waals surface area contributed by atoms with Crippen LogP contribution in [0.5, 0.6) is 0 Å². The molecule has 152 valence electrons. The van der Waals surface area contributed by atoms with E-state index in [4.69, 9.17) is 16.7 Å². The van der Waals surface area contributed by atoms with Crippen molar-refractivity contribution in [3.63, 3.8) is 0 Å². The van der Waals surface area contributed by atoms with Crippen LogP contribution in [0.25, 0.3) is 16.9 Å². The lowest BCUT2D eigenvalue weighted by molar-refractivity contribution is 0.0918. The molecule has 0 fully saturated rings. The summed E-state index contributed by atoms with van der Waals surface area (Å²) in [6.07, 6.45) is 5.19. The van der Waals surface area contributed by atoms with Crippen LogP contribution in [0.4, 0.5) is 0 Å². The number of nitrogens with one attached hydrogen (secondary N) is 1. The fourth-order valence-corrected chi connectivity index (χ4v) is 3.11. The number of hydrogen-bond donors (Lipinski definition) is 2. The minimum Gasteiger partial charge on any atom is -0.394 e. The molecule has 3 rings (SSSR count). The van der Waals surface area contributed by atoms with E-state index >= 15 is 0 Å². The average molecular weight is 415 g/mol. The van der Waals surface area contributed by atoms with E-state index < -0.39 is 11.9 Å². The lowest BCUT2D eigenvalue weighted by Gasteiger charge is -2.13. The summed E-state index contributed by atoms with van der Waals surface area (Å²) in [7, 11) is 0. The first-order chi connectivity index (χ1) is 13.8. The number of fused-ring (bicyclic) bond motifs is 1. The lowest BCUT2D eigenvalue weighted by atomic mass is 10.1. The number of hydrogen-bond acceptors (Lipinski definition) is 4. The van der Waals surface area contributed by atoms with Gasteiger partial charge in [0.15, 0.2) is 0 Å². The maximum Gasteiger partial charge on any atom is 0.295 e. The second-order valence-electron chi connectivity index (χ2n) is 7.11. The van der Waals surface area contributed by atoms with Crippen molar-refractivity contribution in [1.29, 1.82) is 0 Å². The number of amides is 1. The van der Waals surface area contributed by atoms with Crippen molar-refractivity contribution in [1.82, 2.24) is 19.3 Å². The molecule has 0 aliphatic rings. The molecule has 8 heteroatoms. The molecule has 2 heterocycles. The van der Waals surface area contributed by atoms with Crippen LogP contribution in [0.2, 0.25) is 5.02 Å². The predicted octanol–water partition coefficient (Wildman–Crippen LogP) is 2.89. The van der Waals surface area contributed by atoms with Crippen molar-refractivity contribution in [2.24, 2.45) is 0 Å². The normalized spacial score (nSPS) is 12.0. The SMILES string of the molecule is CC(C)=CCn1c(-c2ccccc2Cl)cn2cc(C(=O)N[C@H](C)CO)nc2c1=O. The zero-order valence-electron chi connectivity index (χ0n) is 16.5. The molecule has 0 aliphatic heterocycles. The number of benzene rings is 1. The molecular formula is C21H23ClN4O3. The van der Waals surface area contributed by atoms with Crippen molar-refractivity contribution in [2.75, 3.05) is 6.61 Å². The fraction of sp³-hybridized carbons (Fsp3) is 0.286. The van der Waals surface area contributed by atoms with Gasteiger partial charge in [-0.05, 0) is 26.8 Å². The first-order valence-electron chi connectivity index (χ1n) is 9.24. The highest BCUT2D eigenvalue weighted by molar-refractivity contribution is 6.33. The number of nitrogens with zero attached hydrogens (tertiary/aromatic N) is 3. The van der Waals surface area contributed by atoms with E-state index in [1.54, 1.807) is 28.2 Å². The van der Waals surface area contributed by atoms with E-state index in [0.717, 1.165) is 5.57 Å². The third kappa shape index (κ3) is 4.41. The van der Waals surface area contributed by atoms with Gasteiger partial charge in [0.25, 0.3) is 11.5 Å². The van der Waals surface area contributed by atoms with Crippen molar-refractivity contribution in [3.05, 3.63) is 69.4 Å². The third-order valence-electron chi connectivity index (χ3n) is 4.44. The van der Waals surface area contributed by atoms with Crippen LogP contribution in [-0.2, 0) is 6.54 Å². The van der Waals surface area contributed by atoms with Crippen LogP contribution in [-0.4, -0.2) is 37.6 Å². The maximum absolute atomic E-state index is 13.2. The monoisotopic (exact) mass is 414 g/mol. The number of carbonyl (C=O) groups excluding carboxylic acids is 1. The molecule has 0 saturated carbocycles. The molecule has 0 spiro atoms. The van der Waals surface area contributed by atoms with E-state index in [1.165, 1.54) is 6.20 Å². The van der Waals surface area contributed by atoms with E-state index in [-0.39, 0.29) is 23.5 Å². The molecular weight excluding hydrogens is 392 g/mol. The molecule has 0 bridgehead atoms. The third-order valence-corrected chi connectivity index (χ3v) is 4.77. The zero-order valence-corrected chi connectivity index (χ0v) is 17.3. The molecule has 0 radical (unpaired) electrons. The van der Waals surface area contributed by atoms with E-state index in [1.807, 2.05) is 38.1 Å². The molecule has 0 unspecified atom stereocenters. The summed E-state index contributed by atoms with van der Waals surface area (Å²) in [4.78, 5) is 29.8. The Morgan fingerprint density at radius 1 is 1.31 bits per heavy atom. The summed E-state index contributed by atoms with van der Waals surface area (Å²) in [5.41, 5.74) is 2.33. The summed E-state index contributed by atoms with van der Waals surface area (Å²) in [5, 5.41) is 12.3. The second-order valence-corrected chi connectivity index (χ2v) is 7.51. The lowest BCUT2D eigenvalue weighted by Crippen LogP contribution is -2.35. The van der Waals surface area contributed by atoms with Crippen LogP contribution < -0.4 is 10.9 Å². The molecule has 0 aliphatic carbocycles. The number of carbonyl (C=O) groups is 1. The molecule has 0 saturated heterocycles. The number of aromatic nitrogens is 3. The van der Waals surface area contributed by atoms with E-state index in [2.05, 4.69) is 10.3 Å². The van der Waals surface area contributed by atoms with Gasteiger partial charge in [-0.3, -0.25) is 18.6 Å². The smallest absolute Gasteiger partial charge is 0.295 e. The van der Waals surface area contributed by atoms with Gasteiger partial charge in [0, 0.05) is 35.6 Å². The molecule has 7 nitrogen and oxygen atoms in total. The summed E-state index contributed by atoms with van der Waals surface area (Å²) >= 11 is 6.38. The van der Waals surface area contributed by atoms with Crippen molar-refractivity contribution in [3.8, 4) is 11.3 Å². The summed E-state index contributed by atoms with van der Waals surface area (Å²) in [6.45, 7) is 5.76. The molecule has 1 atom stereocenters. The van der Waals surface area contributed by atoms with E-state index in [0.29, 0.717) is 22.8 Å². The maximum atomic E-state index is 13.2. The number of halogens is 1. The number of imidazole rings is 1. The second kappa shape index (κ2) is 8.63. The van der Waals surface area contributed by atoms with Crippen LogP contribution in [0.1, 0.15) is 31.3 Å². The predicted molar refractivity (Wildman–Crippen MR) is 113 cm³/mol. The first-order valence-corrected chi connectivity index (χ1v) is 9.62. The fourth-order valence-electron chi connectivity index (χ4n) is 2.87. The first kappa shape index (κ1) is 20.8. The molecule has 29 heavy (non-hydrogen) atoms. The van der Waals surface area contributed by atoms with Gasteiger partial charge in [-0.2, -0.15) is 0 Å². The quantitative estimate of drug-likeness (QED) is 0.607. The molecule has 2 aromatic heterocycles. The molecule has 1 amide bonds. The van der Waals surface area contributed by atoms with Crippen LogP contribution in [0, 0.1) is 0 Å². The molecule has 1 aromatic carbocycles. The molecule has 2 N–H and O–H groups in total. The van der Waals surface area contributed by atoms with Gasteiger partial charge in [0.05, 0.1) is 12.3 Å². The van der Waals surface area contributed by atoms with Gasteiger partial charge < -0.3 is 10.4 Å². The Kier molecular flexibility index (Phi) is 6.20. The minimum absolute atomic E-state index is 0.104. The van der Waals surface area contributed by atoms with Crippen LogP contribution in [0.3, 0.4) is 0 Å². The zero-order chi connectivity index (χ0) is 21.1. The average Bonchev–Trinajstić information content (AvgIpc) is 3.12. The van der Waals surface area contributed by atoms with Gasteiger partial charge >= 0.3 is 0 Å².